The molecular formula is C19H31IN6O2. The molecule has 2 rings (SSSR count). The second-order valence-electron chi connectivity index (χ2n) is 6.07. The van der Waals surface area contributed by atoms with Gasteiger partial charge in [-0.3, -0.25) is 0 Å². The van der Waals surface area contributed by atoms with E-state index in [1.807, 2.05) is 49.7 Å². The highest BCUT2D eigenvalue weighted by atomic mass is 127. The molecule has 2 N–H and O–H groups in total. The number of hydrogen-bond acceptors (Lipinski definition) is 5. The van der Waals surface area contributed by atoms with Crippen LogP contribution in [0, 0.1) is 6.92 Å². The monoisotopic (exact) mass is 502 g/mol. The molecule has 0 aliphatic rings. The Morgan fingerprint density at radius 2 is 2.07 bits per heavy atom. The summed E-state index contributed by atoms with van der Waals surface area (Å²) in [6, 6.07) is 7.91. The summed E-state index contributed by atoms with van der Waals surface area (Å²) in [7, 11) is 3.62. The maximum atomic E-state index is 5.38. The summed E-state index contributed by atoms with van der Waals surface area (Å²) >= 11 is 0. The van der Waals surface area contributed by atoms with Crippen LogP contribution in [0.1, 0.15) is 30.6 Å². The third kappa shape index (κ3) is 8.01. The van der Waals surface area contributed by atoms with Gasteiger partial charge in [-0.05, 0) is 38.0 Å². The Morgan fingerprint density at radius 3 is 2.75 bits per heavy atom. The van der Waals surface area contributed by atoms with E-state index >= 15 is 0 Å². The zero-order valence-corrected chi connectivity index (χ0v) is 19.4. The molecular weight excluding hydrogens is 471 g/mol. The van der Waals surface area contributed by atoms with Crippen LogP contribution in [0.2, 0.25) is 0 Å². The van der Waals surface area contributed by atoms with Gasteiger partial charge in [0.1, 0.15) is 11.6 Å². The minimum Gasteiger partial charge on any atom is -0.497 e. The number of aryl methyl sites for hydroxylation is 1. The molecule has 0 saturated carbocycles. The minimum absolute atomic E-state index is 0. The van der Waals surface area contributed by atoms with Crippen LogP contribution in [0.3, 0.4) is 0 Å². The molecule has 0 aliphatic carbocycles. The molecule has 8 nitrogen and oxygen atoms in total. The first kappa shape index (κ1) is 24.2. The van der Waals surface area contributed by atoms with Gasteiger partial charge in [0.05, 0.1) is 20.2 Å². The van der Waals surface area contributed by atoms with Crippen LogP contribution >= 0.6 is 24.0 Å². The van der Waals surface area contributed by atoms with Gasteiger partial charge in [-0.25, -0.2) is 4.99 Å². The third-order valence-electron chi connectivity index (χ3n) is 4.11. The van der Waals surface area contributed by atoms with E-state index in [4.69, 9.17) is 9.47 Å². The van der Waals surface area contributed by atoms with Gasteiger partial charge in [0.2, 0.25) is 0 Å². The highest BCUT2D eigenvalue weighted by Gasteiger charge is 2.06. The van der Waals surface area contributed by atoms with Crippen molar-refractivity contribution in [2.75, 3.05) is 26.9 Å². The number of benzene rings is 1. The van der Waals surface area contributed by atoms with Gasteiger partial charge < -0.3 is 24.7 Å². The standard InChI is InChI=1S/C19H30N6O2.HI/c1-5-27-11-7-10-20-19(22-14-18-24-23-15(2)25(18)3)21-13-16-8-6-9-17(12-16)26-4;/h6,8-9,12H,5,7,10-11,13-14H2,1-4H3,(H2,20,21,22);1H. The highest BCUT2D eigenvalue weighted by molar-refractivity contribution is 14.0. The van der Waals surface area contributed by atoms with Crippen LogP contribution in [0.5, 0.6) is 5.75 Å². The number of guanidine groups is 1. The Kier molecular flexibility index (Phi) is 11.5. The summed E-state index contributed by atoms with van der Waals surface area (Å²) in [6.07, 6.45) is 0.913. The summed E-state index contributed by atoms with van der Waals surface area (Å²) in [5.74, 6) is 3.30. The summed E-state index contributed by atoms with van der Waals surface area (Å²) < 4.78 is 12.6. The first-order valence-electron chi connectivity index (χ1n) is 9.21. The molecule has 1 aromatic carbocycles. The minimum atomic E-state index is 0. The smallest absolute Gasteiger partial charge is 0.191 e. The molecule has 0 bridgehead atoms. The van der Waals surface area contributed by atoms with Crippen molar-refractivity contribution in [3.05, 3.63) is 41.5 Å². The van der Waals surface area contributed by atoms with Crippen LogP contribution in [0.15, 0.2) is 29.3 Å². The fourth-order valence-corrected chi connectivity index (χ4v) is 2.41. The van der Waals surface area contributed by atoms with Crippen LogP contribution in [-0.4, -0.2) is 47.6 Å². The number of methoxy groups -OCH3 is 1. The largest absolute Gasteiger partial charge is 0.497 e. The molecule has 28 heavy (non-hydrogen) atoms. The van der Waals surface area contributed by atoms with E-state index in [1.165, 1.54) is 0 Å². The average molecular weight is 502 g/mol. The summed E-state index contributed by atoms with van der Waals surface area (Å²) in [6.45, 7) is 7.28. The zero-order chi connectivity index (χ0) is 19.5. The fraction of sp³-hybridized carbons (Fsp3) is 0.526. The van der Waals surface area contributed by atoms with E-state index in [0.717, 1.165) is 55.1 Å². The number of nitrogens with zero attached hydrogens (tertiary/aromatic N) is 4. The van der Waals surface area contributed by atoms with Crippen molar-refractivity contribution in [2.45, 2.75) is 33.4 Å². The van der Waals surface area contributed by atoms with Crippen molar-refractivity contribution < 1.29 is 9.47 Å². The average Bonchev–Trinajstić information content (AvgIpc) is 3.01. The zero-order valence-electron chi connectivity index (χ0n) is 17.1. The Bertz CT molecular complexity index is 735. The lowest BCUT2D eigenvalue weighted by atomic mass is 10.2. The van der Waals surface area contributed by atoms with Gasteiger partial charge >= 0.3 is 0 Å². The van der Waals surface area contributed by atoms with Gasteiger partial charge in [0.15, 0.2) is 11.8 Å². The molecule has 156 valence electrons. The van der Waals surface area contributed by atoms with Crippen molar-refractivity contribution in [3.8, 4) is 5.75 Å². The quantitative estimate of drug-likeness (QED) is 0.225. The molecule has 0 amide bonds. The van der Waals surface area contributed by atoms with Crippen LogP contribution < -0.4 is 15.4 Å². The second-order valence-corrected chi connectivity index (χ2v) is 6.07. The highest BCUT2D eigenvalue weighted by Crippen LogP contribution is 2.13. The summed E-state index contributed by atoms with van der Waals surface area (Å²) in [4.78, 5) is 4.68. The number of ether oxygens (including phenoxy) is 2. The number of aromatic nitrogens is 3. The van der Waals surface area contributed by atoms with Crippen LogP contribution in [-0.2, 0) is 24.9 Å². The molecule has 9 heteroatoms. The number of rotatable bonds is 10. The lowest BCUT2D eigenvalue weighted by Crippen LogP contribution is -2.38. The maximum Gasteiger partial charge on any atom is 0.191 e. The Labute approximate surface area is 184 Å². The summed E-state index contributed by atoms with van der Waals surface area (Å²) in [5, 5.41) is 14.9. The first-order valence-corrected chi connectivity index (χ1v) is 9.21. The number of aliphatic imine (C=N–C) groups is 1. The molecule has 2 aromatic rings. The predicted molar refractivity (Wildman–Crippen MR) is 121 cm³/mol. The molecule has 0 spiro atoms. The SMILES string of the molecule is CCOCCCNC(=NCc1cccc(OC)c1)NCc1nnc(C)n1C.I. The topological polar surface area (TPSA) is 85.6 Å². The number of nitrogens with one attached hydrogen (secondary N) is 2. The van der Waals surface area contributed by atoms with Gasteiger partial charge in [-0.1, -0.05) is 12.1 Å². The van der Waals surface area contributed by atoms with E-state index in [2.05, 4.69) is 25.8 Å². The fourth-order valence-electron chi connectivity index (χ4n) is 2.41. The van der Waals surface area contributed by atoms with Gasteiger partial charge in [0, 0.05) is 26.8 Å². The van der Waals surface area contributed by atoms with Crippen molar-refractivity contribution in [1.82, 2.24) is 25.4 Å². The lowest BCUT2D eigenvalue weighted by Gasteiger charge is -2.13. The molecule has 0 saturated heterocycles. The maximum absolute atomic E-state index is 5.38. The summed E-state index contributed by atoms with van der Waals surface area (Å²) in [5.41, 5.74) is 1.08. The van der Waals surface area contributed by atoms with Crippen LogP contribution in [0.25, 0.3) is 0 Å². The first-order chi connectivity index (χ1) is 13.1. The predicted octanol–water partition coefficient (Wildman–Crippen LogP) is 2.41. The molecule has 0 fully saturated rings. The Morgan fingerprint density at radius 1 is 1.25 bits per heavy atom. The molecule has 0 aliphatic heterocycles. The normalized spacial score (nSPS) is 11.1. The van der Waals surface area contributed by atoms with Crippen molar-refractivity contribution in [3.63, 3.8) is 0 Å². The van der Waals surface area contributed by atoms with Gasteiger partial charge in [-0.2, -0.15) is 0 Å². The van der Waals surface area contributed by atoms with Gasteiger partial charge in [-0.15, -0.1) is 34.2 Å². The second kappa shape index (κ2) is 13.3. The lowest BCUT2D eigenvalue weighted by molar-refractivity contribution is 0.145. The van der Waals surface area contributed by atoms with Crippen LogP contribution in [0.4, 0.5) is 0 Å². The van der Waals surface area contributed by atoms with E-state index < -0.39 is 0 Å². The Hall–Kier alpha value is -1.88. The molecule has 0 radical (unpaired) electrons. The molecule has 1 heterocycles. The number of halogens is 1. The molecule has 0 unspecified atom stereocenters. The third-order valence-corrected chi connectivity index (χ3v) is 4.11. The van der Waals surface area contributed by atoms with E-state index in [1.54, 1.807) is 7.11 Å². The molecule has 1 aromatic heterocycles. The van der Waals surface area contributed by atoms with Crippen molar-refractivity contribution in [1.29, 1.82) is 0 Å². The van der Waals surface area contributed by atoms with E-state index in [-0.39, 0.29) is 24.0 Å². The van der Waals surface area contributed by atoms with Crippen molar-refractivity contribution in [2.24, 2.45) is 12.0 Å². The van der Waals surface area contributed by atoms with Gasteiger partial charge in [0.25, 0.3) is 0 Å². The van der Waals surface area contributed by atoms with Crippen molar-refractivity contribution >= 4 is 29.9 Å². The van der Waals surface area contributed by atoms with E-state index in [0.29, 0.717) is 13.1 Å². The Balaban J connectivity index is 0.00000392. The van der Waals surface area contributed by atoms with E-state index in [9.17, 15) is 0 Å². The molecule has 0 atom stereocenters. The number of hydrogen-bond donors (Lipinski definition) is 2.